The first kappa shape index (κ1) is 14.5. The van der Waals surface area contributed by atoms with E-state index in [2.05, 4.69) is 16.0 Å². The summed E-state index contributed by atoms with van der Waals surface area (Å²) in [6.07, 6.45) is 3.66. The number of hydrogen-bond acceptors (Lipinski definition) is 4. The topological polar surface area (TPSA) is 51.1 Å². The maximum absolute atomic E-state index is 12.9. The average molecular weight is 314 g/mol. The SMILES string of the molecule is COc1ccc2c(c1OC)CCN1C(=O)C3CCCN=C3CC21. The van der Waals surface area contributed by atoms with Gasteiger partial charge in [0.1, 0.15) is 0 Å². The summed E-state index contributed by atoms with van der Waals surface area (Å²) in [5.41, 5.74) is 3.47. The number of carbonyl (C=O) groups is 1. The number of amides is 1. The van der Waals surface area contributed by atoms with Crippen LogP contribution in [0, 0.1) is 5.92 Å². The van der Waals surface area contributed by atoms with Crippen molar-refractivity contribution in [3.05, 3.63) is 23.3 Å². The third kappa shape index (κ3) is 2.13. The Balaban J connectivity index is 1.78. The maximum atomic E-state index is 12.9. The Hall–Kier alpha value is -2.04. The molecule has 0 N–H and O–H groups in total. The van der Waals surface area contributed by atoms with Crippen LogP contribution in [-0.4, -0.2) is 43.8 Å². The summed E-state index contributed by atoms with van der Waals surface area (Å²) in [6, 6.07) is 4.13. The zero-order valence-electron chi connectivity index (χ0n) is 13.7. The molecule has 3 heterocycles. The number of benzene rings is 1. The number of ether oxygens (including phenoxy) is 2. The number of piperidine rings is 1. The molecule has 2 atom stereocenters. The molecule has 0 radical (unpaired) electrons. The predicted octanol–water partition coefficient (Wildman–Crippen LogP) is 2.38. The smallest absolute Gasteiger partial charge is 0.231 e. The standard InChI is InChI=1S/C18H22N2O3/c1-22-16-6-5-11-12(17(16)23-2)7-9-20-15(11)10-14-13(18(20)21)4-3-8-19-14/h5-6,13,15H,3-4,7-10H2,1-2H3. The number of carbonyl (C=O) groups excluding carboxylic acids is 1. The Morgan fingerprint density at radius 3 is 2.91 bits per heavy atom. The van der Waals surface area contributed by atoms with Gasteiger partial charge in [0.25, 0.3) is 0 Å². The molecule has 5 heteroatoms. The number of methoxy groups -OCH3 is 2. The van der Waals surface area contributed by atoms with Gasteiger partial charge < -0.3 is 14.4 Å². The minimum absolute atomic E-state index is 0.0293. The van der Waals surface area contributed by atoms with E-state index >= 15 is 0 Å². The Kier molecular flexibility index (Phi) is 3.51. The summed E-state index contributed by atoms with van der Waals surface area (Å²) in [5, 5.41) is 0. The molecule has 3 aliphatic rings. The fraction of sp³-hybridized carbons (Fsp3) is 0.556. The van der Waals surface area contributed by atoms with Crippen molar-refractivity contribution in [2.45, 2.75) is 31.7 Å². The Morgan fingerprint density at radius 1 is 1.26 bits per heavy atom. The van der Waals surface area contributed by atoms with Crippen molar-refractivity contribution in [3.63, 3.8) is 0 Å². The van der Waals surface area contributed by atoms with Gasteiger partial charge in [0.2, 0.25) is 5.91 Å². The van der Waals surface area contributed by atoms with Gasteiger partial charge in [0.05, 0.1) is 26.2 Å². The lowest BCUT2D eigenvalue weighted by atomic mass is 9.79. The normalized spacial score (nSPS) is 25.9. The fourth-order valence-electron chi connectivity index (χ4n) is 4.28. The van der Waals surface area contributed by atoms with Crippen LogP contribution in [0.5, 0.6) is 11.5 Å². The van der Waals surface area contributed by atoms with Crippen LogP contribution in [0.4, 0.5) is 0 Å². The zero-order valence-corrected chi connectivity index (χ0v) is 13.7. The number of nitrogens with zero attached hydrogens (tertiary/aromatic N) is 2. The first-order valence-corrected chi connectivity index (χ1v) is 8.32. The molecule has 23 heavy (non-hydrogen) atoms. The monoisotopic (exact) mass is 314 g/mol. The van der Waals surface area contributed by atoms with E-state index in [1.54, 1.807) is 14.2 Å². The third-order valence-corrected chi connectivity index (χ3v) is 5.37. The van der Waals surface area contributed by atoms with Gasteiger partial charge in [-0.05, 0) is 30.9 Å². The van der Waals surface area contributed by atoms with E-state index in [1.165, 1.54) is 11.1 Å². The van der Waals surface area contributed by atoms with Gasteiger partial charge in [-0.2, -0.15) is 0 Å². The summed E-state index contributed by atoms with van der Waals surface area (Å²) < 4.78 is 11.0. The molecule has 1 aromatic rings. The molecule has 0 aliphatic carbocycles. The predicted molar refractivity (Wildman–Crippen MR) is 87.3 cm³/mol. The largest absolute Gasteiger partial charge is 0.493 e. The highest BCUT2D eigenvalue weighted by molar-refractivity contribution is 6.07. The molecule has 4 rings (SSSR count). The van der Waals surface area contributed by atoms with E-state index in [-0.39, 0.29) is 17.9 Å². The van der Waals surface area contributed by atoms with Crippen LogP contribution in [0.3, 0.4) is 0 Å². The van der Waals surface area contributed by atoms with Crippen LogP contribution in [-0.2, 0) is 11.2 Å². The van der Waals surface area contributed by atoms with Crippen LogP contribution in [0.15, 0.2) is 17.1 Å². The molecule has 0 bridgehead atoms. The van der Waals surface area contributed by atoms with Crippen LogP contribution in [0.1, 0.15) is 36.4 Å². The van der Waals surface area contributed by atoms with Crippen molar-refractivity contribution in [1.82, 2.24) is 4.90 Å². The van der Waals surface area contributed by atoms with Gasteiger partial charge in [-0.1, -0.05) is 6.07 Å². The summed E-state index contributed by atoms with van der Waals surface area (Å²) in [6.45, 7) is 1.62. The summed E-state index contributed by atoms with van der Waals surface area (Å²) in [5.74, 6) is 1.86. The molecule has 1 aromatic carbocycles. The summed E-state index contributed by atoms with van der Waals surface area (Å²) in [4.78, 5) is 19.6. The Morgan fingerprint density at radius 2 is 2.13 bits per heavy atom. The highest BCUT2D eigenvalue weighted by Crippen LogP contribution is 2.45. The van der Waals surface area contributed by atoms with E-state index in [0.29, 0.717) is 0 Å². The highest BCUT2D eigenvalue weighted by Gasteiger charge is 2.43. The molecule has 1 amide bonds. The van der Waals surface area contributed by atoms with Gasteiger partial charge in [-0.3, -0.25) is 9.79 Å². The van der Waals surface area contributed by atoms with Crippen molar-refractivity contribution in [3.8, 4) is 11.5 Å². The lowest BCUT2D eigenvalue weighted by Crippen LogP contribution is -2.51. The molecule has 1 saturated heterocycles. The average Bonchev–Trinajstić information content (AvgIpc) is 2.60. The second kappa shape index (κ2) is 5.55. The molecule has 2 unspecified atom stereocenters. The van der Waals surface area contributed by atoms with Crippen LogP contribution < -0.4 is 9.47 Å². The lowest BCUT2D eigenvalue weighted by Gasteiger charge is -2.45. The Labute approximate surface area is 136 Å². The third-order valence-electron chi connectivity index (χ3n) is 5.37. The van der Waals surface area contributed by atoms with Crippen molar-refractivity contribution >= 4 is 11.6 Å². The van der Waals surface area contributed by atoms with E-state index in [0.717, 1.165) is 56.0 Å². The van der Waals surface area contributed by atoms with Gasteiger partial charge in [-0.25, -0.2) is 0 Å². The lowest BCUT2D eigenvalue weighted by molar-refractivity contribution is -0.138. The summed E-state index contributed by atoms with van der Waals surface area (Å²) in [7, 11) is 3.34. The summed E-state index contributed by atoms with van der Waals surface area (Å²) >= 11 is 0. The number of hydrogen-bond donors (Lipinski definition) is 0. The molecule has 0 spiro atoms. The molecular formula is C18H22N2O3. The molecular weight excluding hydrogens is 292 g/mol. The number of rotatable bonds is 2. The molecule has 1 fully saturated rings. The number of aliphatic imine (C=N–C) groups is 1. The number of fused-ring (bicyclic) bond motifs is 4. The first-order valence-electron chi connectivity index (χ1n) is 8.32. The molecule has 5 nitrogen and oxygen atoms in total. The van der Waals surface area contributed by atoms with Crippen LogP contribution in [0.25, 0.3) is 0 Å². The van der Waals surface area contributed by atoms with Gasteiger partial charge in [-0.15, -0.1) is 0 Å². The van der Waals surface area contributed by atoms with Crippen molar-refractivity contribution in [2.75, 3.05) is 27.3 Å². The second-order valence-corrected chi connectivity index (χ2v) is 6.44. The van der Waals surface area contributed by atoms with Gasteiger partial charge in [0, 0.05) is 30.8 Å². The van der Waals surface area contributed by atoms with Crippen LogP contribution in [0.2, 0.25) is 0 Å². The fourth-order valence-corrected chi connectivity index (χ4v) is 4.28. The second-order valence-electron chi connectivity index (χ2n) is 6.44. The van der Waals surface area contributed by atoms with E-state index in [4.69, 9.17) is 9.47 Å². The molecule has 0 saturated carbocycles. The van der Waals surface area contributed by atoms with E-state index < -0.39 is 0 Å². The zero-order chi connectivity index (χ0) is 16.0. The van der Waals surface area contributed by atoms with Crippen molar-refractivity contribution in [2.24, 2.45) is 10.9 Å². The maximum Gasteiger partial charge on any atom is 0.231 e. The van der Waals surface area contributed by atoms with Crippen molar-refractivity contribution in [1.29, 1.82) is 0 Å². The quantitative estimate of drug-likeness (QED) is 0.842. The molecule has 3 aliphatic heterocycles. The minimum atomic E-state index is 0.0293. The first-order chi connectivity index (χ1) is 11.2. The van der Waals surface area contributed by atoms with E-state index in [1.807, 2.05) is 6.07 Å². The van der Waals surface area contributed by atoms with Gasteiger partial charge in [0.15, 0.2) is 11.5 Å². The highest BCUT2D eigenvalue weighted by atomic mass is 16.5. The molecule has 122 valence electrons. The molecule has 0 aromatic heterocycles. The van der Waals surface area contributed by atoms with E-state index in [9.17, 15) is 4.79 Å². The van der Waals surface area contributed by atoms with Crippen molar-refractivity contribution < 1.29 is 14.3 Å². The minimum Gasteiger partial charge on any atom is -0.493 e. The van der Waals surface area contributed by atoms with Crippen LogP contribution >= 0.6 is 0 Å². The Bertz CT molecular complexity index is 683. The van der Waals surface area contributed by atoms with Gasteiger partial charge >= 0.3 is 0 Å².